The van der Waals surface area contributed by atoms with Gasteiger partial charge in [-0.2, -0.15) is 0 Å². The van der Waals surface area contributed by atoms with Crippen LogP contribution >= 0.6 is 0 Å². The molecule has 116 valence electrons. The summed E-state index contributed by atoms with van der Waals surface area (Å²) in [4.78, 5) is 0.375. The van der Waals surface area contributed by atoms with Crippen LogP contribution in [-0.4, -0.2) is 21.0 Å². The van der Waals surface area contributed by atoms with Crippen molar-refractivity contribution in [1.29, 1.82) is 0 Å². The molecular formula is C16H24N2O2S. The van der Waals surface area contributed by atoms with E-state index in [1.807, 2.05) is 6.07 Å². The molecule has 1 fully saturated rings. The van der Waals surface area contributed by atoms with Gasteiger partial charge >= 0.3 is 0 Å². The van der Waals surface area contributed by atoms with Crippen LogP contribution in [0.15, 0.2) is 23.1 Å². The fourth-order valence-electron chi connectivity index (χ4n) is 3.43. The van der Waals surface area contributed by atoms with E-state index in [4.69, 9.17) is 0 Å². The average molecular weight is 308 g/mol. The molecule has 1 aromatic rings. The number of sulfonamides is 1. The summed E-state index contributed by atoms with van der Waals surface area (Å²) in [5.41, 5.74) is 2.42. The van der Waals surface area contributed by atoms with Gasteiger partial charge in [0.15, 0.2) is 0 Å². The average Bonchev–Trinajstić information content (AvgIpc) is 2.76. The third-order valence-electron chi connectivity index (χ3n) is 4.62. The molecule has 1 unspecified atom stereocenters. The maximum absolute atomic E-state index is 12.5. The molecule has 0 bridgehead atoms. The van der Waals surface area contributed by atoms with Crippen LogP contribution in [-0.2, 0) is 16.4 Å². The first-order valence-corrected chi connectivity index (χ1v) is 9.23. The second-order valence-corrected chi connectivity index (χ2v) is 8.79. The summed E-state index contributed by atoms with van der Waals surface area (Å²) in [6.07, 6.45) is 5.04. The van der Waals surface area contributed by atoms with Gasteiger partial charge in [0.25, 0.3) is 0 Å². The molecule has 1 heterocycles. The highest BCUT2D eigenvalue weighted by molar-refractivity contribution is 7.89. The first-order chi connectivity index (χ1) is 9.86. The van der Waals surface area contributed by atoms with E-state index in [2.05, 4.69) is 23.9 Å². The van der Waals surface area contributed by atoms with Crippen LogP contribution < -0.4 is 10.0 Å². The number of nitrogens with one attached hydrogen (secondary N) is 2. The fraction of sp³-hybridized carbons (Fsp3) is 0.625. The monoisotopic (exact) mass is 308 g/mol. The van der Waals surface area contributed by atoms with Crippen molar-refractivity contribution in [1.82, 2.24) is 4.72 Å². The number of hydrogen-bond acceptors (Lipinski definition) is 3. The second-order valence-electron chi connectivity index (χ2n) is 7.07. The van der Waals surface area contributed by atoms with E-state index in [1.54, 1.807) is 12.1 Å². The SMILES string of the molecule is CC1(C)CCC(NS(=O)(=O)c2ccc3c(c2)NCCC3)C1. The third-order valence-corrected chi connectivity index (χ3v) is 6.14. The van der Waals surface area contributed by atoms with E-state index in [-0.39, 0.29) is 11.5 Å². The van der Waals surface area contributed by atoms with Crippen molar-refractivity contribution in [2.75, 3.05) is 11.9 Å². The highest BCUT2D eigenvalue weighted by Gasteiger charge is 2.33. The minimum absolute atomic E-state index is 0.0639. The van der Waals surface area contributed by atoms with E-state index in [9.17, 15) is 8.42 Å². The van der Waals surface area contributed by atoms with Gasteiger partial charge < -0.3 is 5.32 Å². The highest BCUT2D eigenvalue weighted by Crippen LogP contribution is 2.37. The first kappa shape index (κ1) is 14.9. The van der Waals surface area contributed by atoms with Crippen LogP contribution in [0.5, 0.6) is 0 Å². The molecule has 21 heavy (non-hydrogen) atoms. The molecule has 1 aliphatic heterocycles. The summed E-state index contributed by atoms with van der Waals surface area (Å²) < 4.78 is 28.0. The Morgan fingerprint density at radius 3 is 2.86 bits per heavy atom. The number of hydrogen-bond donors (Lipinski definition) is 2. The molecule has 1 saturated carbocycles. The van der Waals surface area contributed by atoms with Crippen molar-refractivity contribution in [3.8, 4) is 0 Å². The van der Waals surface area contributed by atoms with Gasteiger partial charge in [-0.15, -0.1) is 0 Å². The highest BCUT2D eigenvalue weighted by atomic mass is 32.2. The Kier molecular flexibility index (Phi) is 3.74. The fourth-order valence-corrected chi connectivity index (χ4v) is 4.73. The molecule has 5 heteroatoms. The van der Waals surface area contributed by atoms with Crippen LogP contribution in [0.4, 0.5) is 5.69 Å². The molecule has 0 saturated heterocycles. The van der Waals surface area contributed by atoms with E-state index in [0.29, 0.717) is 4.90 Å². The summed E-state index contributed by atoms with van der Waals surface area (Å²) >= 11 is 0. The van der Waals surface area contributed by atoms with Crippen molar-refractivity contribution < 1.29 is 8.42 Å². The Hall–Kier alpha value is -1.07. The van der Waals surface area contributed by atoms with Crippen LogP contribution in [0, 0.1) is 5.41 Å². The van der Waals surface area contributed by atoms with Gasteiger partial charge in [-0.05, 0) is 55.2 Å². The molecule has 1 atom stereocenters. The Bertz CT molecular complexity index is 638. The van der Waals surface area contributed by atoms with Crippen LogP contribution in [0.3, 0.4) is 0 Å². The van der Waals surface area contributed by atoms with Crippen molar-refractivity contribution in [2.45, 2.75) is 56.9 Å². The molecule has 4 nitrogen and oxygen atoms in total. The summed E-state index contributed by atoms with van der Waals surface area (Å²) in [5.74, 6) is 0. The van der Waals surface area contributed by atoms with Crippen LogP contribution in [0.25, 0.3) is 0 Å². The molecule has 3 rings (SSSR count). The smallest absolute Gasteiger partial charge is 0.240 e. The second kappa shape index (κ2) is 5.29. The molecule has 2 aliphatic rings. The van der Waals surface area contributed by atoms with Crippen molar-refractivity contribution in [2.24, 2.45) is 5.41 Å². The summed E-state index contributed by atoms with van der Waals surface area (Å²) in [5, 5.41) is 3.29. The standard InChI is InChI=1S/C16H24N2O2S/c1-16(2)8-7-13(11-16)18-21(19,20)14-6-5-12-4-3-9-17-15(12)10-14/h5-6,10,13,17-18H,3-4,7-9,11H2,1-2H3. The van der Waals surface area contributed by atoms with Gasteiger partial charge in [0.1, 0.15) is 0 Å². The lowest BCUT2D eigenvalue weighted by molar-refractivity contribution is 0.372. The van der Waals surface area contributed by atoms with E-state index >= 15 is 0 Å². The topological polar surface area (TPSA) is 58.2 Å². The molecule has 1 aliphatic carbocycles. The Balaban J connectivity index is 1.79. The lowest BCUT2D eigenvalue weighted by atomic mass is 9.92. The number of benzene rings is 1. The summed E-state index contributed by atoms with van der Waals surface area (Å²) in [7, 11) is -3.42. The molecule has 0 spiro atoms. The normalized spacial score (nSPS) is 24.4. The van der Waals surface area contributed by atoms with Gasteiger partial charge in [-0.1, -0.05) is 19.9 Å². The van der Waals surface area contributed by atoms with Crippen LogP contribution in [0.2, 0.25) is 0 Å². The van der Waals surface area contributed by atoms with Gasteiger partial charge in [-0.3, -0.25) is 0 Å². The van der Waals surface area contributed by atoms with E-state index < -0.39 is 10.0 Å². The number of rotatable bonds is 3. The van der Waals surface area contributed by atoms with Crippen molar-refractivity contribution in [3.05, 3.63) is 23.8 Å². The number of aryl methyl sites for hydroxylation is 1. The summed E-state index contributed by atoms with van der Waals surface area (Å²) in [6.45, 7) is 5.31. The lowest BCUT2D eigenvalue weighted by Gasteiger charge is -2.20. The Labute approximate surface area is 127 Å². The number of anilines is 1. The molecule has 0 amide bonds. The van der Waals surface area contributed by atoms with Crippen molar-refractivity contribution in [3.63, 3.8) is 0 Å². The predicted octanol–water partition coefficient (Wildman–Crippen LogP) is 2.90. The zero-order chi connectivity index (χ0) is 15.1. The van der Waals surface area contributed by atoms with Gasteiger partial charge in [0.2, 0.25) is 10.0 Å². The molecule has 0 aromatic heterocycles. The lowest BCUT2D eigenvalue weighted by Crippen LogP contribution is -2.33. The Morgan fingerprint density at radius 1 is 1.33 bits per heavy atom. The molecule has 1 aromatic carbocycles. The first-order valence-electron chi connectivity index (χ1n) is 7.75. The molecule has 2 N–H and O–H groups in total. The molecule has 0 radical (unpaired) electrons. The quantitative estimate of drug-likeness (QED) is 0.902. The third kappa shape index (κ3) is 3.24. The van der Waals surface area contributed by atoms with Gasteiger partial charge in [0, 0.05) is 18.3 Å². The van der Waals surface area contributed by atoms with Gasteiger partial charge in [0.05, 0.1) is 4.90 Å². The molecular weight excluding hydrogens is 284 g/mol. The zero-order valence-corrected chi connectivity index (χ0v) is 13.6. The Morgan fingerprint density at radius 2 is 2.14 bits per heavy atom. The van der Waals surface area contributed by atoms with E-state index in [1.165, 1.54) is 5.56 Å². The van der Waals surface area contributed by atoms with E-state index in [0.717, 1.165) is 44.3 Å². The minimum atomic E-state index is -3.42. The maximum atomic E-state index is 12.5. The summed E-state index contributed by atoms with van der Waals surface area (Å²) in [6, 6.07) is 5.51. The zero-order valence-electron chi connectivity index (χ0n) is 12.8. The van der Waals surface area contributed by atoms with Gasteiger partial charge in [-0.25, -0.2) is 13.1 Å². The number of fused-ring (bicyclic) bond motifs is 1. The maximum Gasteiger partial charge on any atom is 0.240 e. The minimum Gasteiger partial charge on any atom is -0.385 e. The largest absolute Gasteiger partial charge is 0.385 e. The predicted molar refractivity (Wildman–Crippen MR) is 85.0 cm³/mol. The van der Waals surface area contributed by atoms with Crippen LogP contribution in [0.1, 0.15) is 45.1 Å². The van der Waals surface area contributed by atoms with Crippen molar-refractivity contribution >= 4 is 15.7 Å².